The van der Waals surface area contributed by atoms with Gasteiger partial charge in [0.25, 0.3) is 5.91 Å². The molecule has 0 saturated carbocycles. The van der Waals surface area contributed by atoms with Crippen LogP contribution < -0.4 is 16.6 Å². The number of anilines is 2. The van der Waals surface area contributed by atoms with Gasteiger partial charge in [0.05, 0.1) is 17.6 Å². The third-order valence-electron chi connectivity index (χ3n) is 2.66. The van der Waals surface area contributed by atoms with Crippen LogP contribution in [0, 0.1) is 6.92 Å². The Morgan fingerprint density at radius 2 is 2.15 bits per heavy atom. The average molecular weight is 356 g/mol. The lowest BCUT2D eigenvalue weighted by atomic mass is 10.2. The number of aromatic nitrogens is 1. The molecule has 0 bridgehead atoms. The average Bonchev–Trinajstić information content (AvgIpc) is 2.44. The van der Waals surface area contributed by atoms with Gasteiger partial charge in [0.1, 0.15) is 5.69 Å². The lowest BCUT2D eigenvalue weighted by Gasteiger charge is -2.09. The fourth-order valence-corrected chi connectivity index (χ4v) is 2.26. The van der Waals surface area contributed by atoms with E-state index in [1.54, 1.807) is 18.2 Å². The summed E-state index contributed by atoms with van der Waals surface area (Å²) in [5.41, 5.74) is 4.87. The van der Waals surface area contributed by atoms with Crippen LogP contribution in [0.3, 0.4) is 0 Å². The van der Waals surface area contributed by atoms with Gasteiger partial charge in [-0.25, -0.2) is 4.98 Å². The quantitative estimate of drug-likeness (QED) is 0.583. The van der Waals surface area contributed by atoms with Gasteiger partial charge in [-0.1, -0.05) is 11.6 Å². The number of aryl methyl sites for hydroxylation is 1. The van der Waals surface area contributed by atoms with Crippen molar-refractivity contribution in [1.82, 2.24) is 4.98 Å². The van der Waals surface area contributed by atoms with Crippen molar-refractivity contribution in [2.45, 2.75) is 6.92 Å². The summed E-state index contributed by atoms with van der Waals surface area (Å²) >= 11 is 9.43. The predicted octanol–water partition coefficient (Wildman–Crippen LogP) is 3.34. The number of nitrogens with two attached hydrogens (primary N) is 1. The summed E-state index contributed by atoms with van der Waals surface area (Å²) in [6, 6.07) is 6.77. The van der Waals surface area contributed by atoms with E-state index in [1.807, 2.05) is 13.0 Å². The fraction of sp³-hybridized carbons (Fsp3) is 0.0769. The zero-order valence-corrected chi connectivity index (χ0v) is 12.9. The number of amides is 1. The Kier molecular flexibility index (Phi) is 4.59. The SMILES string of the molecule is Cc1cc(Br)c(NC(=O)c2ccc(NN)cn2)cc1Cl. The summed E-state index contributed by atoms with van der Waals surface area (Å²) in [6.07, 6.45) is 1.48. The molecular weight excluding hydrogens is 344 g/mol. The molecule has 0 atom stereocenters. The summed E-state index contributed by atoms with van der Waals surface area (Å²) in [6.45, 7) is 1.89. The molecule has 20 heavy (non-hydrogen) atoms. The molecule has 7 heteroatoms. The highest BCUT2D eigenvalue weighted by Gasteiger charge is 2.11. The highest BCUT2D eigenvalue weighted by atomic mass is 79.9. The molecule has 1 heterocycles. The number of halogens is 2. The Bertz CT molecular complexity index is 646. The predicted molar refractivity (Wildman–Crippen MR) is 83.9 cm³/mol. The Morgan fingerprint density at radius 3 is 2.75 bits per heavy atom. The summed E-state index contributed by atoms with van der Waals surface area (Å²) in [7, 11) is 0. The second kappa shape index (κ2) is 6.21. The molecule has 0 fully saturated rings. The van der Waals surface area contributed by atoms with E-state index in [2.05, 4.69) is 31.7 Å². The van der Waals surface area contributed by atoms with Crippen molar-refractivity contribution >= 4 is 44.8 Å². The Labute approximate surface area is 129 Å². The van der Waals surface area contributed by atoms with Crippen LogP contribution in [0.15, 0.2) is 34.9 Å². The molecule has 104 valence electrons. The summed E-state index contributed by atoms with van der Waals surface area (Å²) in [5, 5.41) is 3.33. The highest BCUT2D eigenvalue weighted by Crippen LogP contribution is 2.29. The first-order chi connectivity index (χ1) is 9.51. The number of pyridine rings is 1. The van der Waals surface area contributed by atoms with E-state index < -0.39 is 0 Å². The van der Waals surface area contributed by atoms with E-state index >= 15 is 0 Å². The van der Waals surface area contributed by atoms with Crippen molar-refractivity contribution in [3.05, 3.63) is 51.2 Å². The topological polar surface area (TPSA) is 80.0 Å². The molecule has 0 aliphatic heterocycles. The maximum Gasteiger partial charge on any atom is 0.274 e. The molecule has 1 aromatic heterocycles. The standard InChI is InChI=1S/C13H12BrClN4O/c1-7-4-9(14)12(5-10(7)15)18-13(20)11-3-2-8(19-16)6-17-11/h2-6,19H,16H2,1H3,(H,18,20). The van der Waals surface area contributed by atoms with Gasteiger partial charge in [0.2, 0.25) is 0 Å². The van der Waals surface area contributed by atoms with E-state index in [9.17, 15) is 4.79 Å². The number of carbonyl (C=O) groups excluding carboxylic acids is 1. The Balaban J connectivity index is 2.20. The molecular formula is C13H12BrClN4O. The number of nitrogens with zero attached hydrogens (tertiary/aromatic N) is 1. The van der Waals surface area contributed by atoms with Crippen LogP contribution in [0.1, 0.15) is 16.1 Å². The fourth-order valence-electron chi connectivity index (χ4n) is 1.54. The van der Waals surface area contributed by atoms with E-state index in [0.717, 1.165) is 10.0 Å². The van der Waals surface area contributed by atoms with Crippen LogP contribution >= 0.6 is 27.5 Å². The van der Waals surface area contributed by atoms with Crippen molar-refractivity contribution < 1.29 is 4.79 Å². The van der Waals surface area contributed by atoms with E-state index in [4.69, 9.17) is 17.4 Å². The molecule has 0 radical (unpaired) electrons. The van der Waals surface area contributed by atoms with Crippen LogP contribution in [0.2, 0.25) is 5.02 Å². The second-order valence-electron chi connectivity index (χ2n) is 4.11. The van der Waals surface area contributed by atoms with Crippen molar-refractivity contribution in [3.63, 3.8) is 0 Å². The number of nitrogen functional groups attached to an aromatic ring is 1. The minimum atomic E-state index is -0.325. The van der Waals surface area contributed by atoms with E-state index in [1.165, 1.54) is 6.20 Å². The van der Waals surface area contributed by atoms with Crippen molar-refractivity contribution in [1.29, 1.82) is 0 Å². The summed E-state index contributed by atoms with van der Waals surface area (Å²) < 4.78 is 0.757. The monoisotopic (exact) mass is 354 g/mol. The van der Waals surface area contributed by atoms with Crippen LogP contribution in [0.5, 0.6) is 0 Å². The normalized spacial score (nSPS) is 10.2. The van der Waals surface area contributed by atoms with Crippen LogP contribution in [0.25, 0.3) is 0 Å². The third kappa shape index (κ3) is 3.27. The molecule has 1 amide bonds. The van der Waals surface area contributed by atoms with Gasteiger partial charge in [0.15, 0.2) is 0 Å². The van der Waals surface area contributed by atoms with Crippen LogP contribution in [-0.4, -0.2) is 10.9 Å². The molecule has 2 rings (SSSR count). The number of hydrazine groups is 1. The third-order valence-corrected chi connectivity index (χ3v) is 3.72. The number of benzene rings is 1. The molecule has 0 aliphatic rings. The van der Waals surface area contributed by atoms with Gasteiger partial charge in [0, 0.05) is 9.50 Å². The van der Waals surface area contributed by atoms with Crippen molar-refractivity contribution in [2.75, 3.05) is 10.7 Å². The number of carbonyl (C=O) groups is 1. The zero-order valence-electron chi connectivity index (χ0n) is 10.6. The number of rotatable bonds is 3. The van der Waals surface area contributed by atoms with Gasteiger partial charge >= 0.3 is 0 Å². The van der Waals surface area contributed by atoms with Gasteiger partial charge in [-0.05, 0) is 52.7 Å². The Morgan fingerprint density at radius 1 is 1.40 bits per heavy atom. The molecule has 5 nitrogen and oxygen atoms in total. The molecule has 2 aromatic rings. The van der Waals surface area contributed by atoms with E-state index in [0.29, 0.717) is 16.4 Å². The summed E-state index contributed by atoms with van der Waals surface area (Å²) in [4.78, 5) is 16.1. The second-order valence-corrected chi connectivity index (χ2v) is 5.37. The molecule has 0 aliphatic carbocycles. The smallest absolute Gasteiger partial charge is 0.274 e. The number of hydrogen-bond acceptors (Lipinski definition) is 4. The first-order valence-electron chi connectivity index (χ1n) is 5.71. The molecule has 0 spiro atoms. The van der Waals surface area contributed by atoms with Gasteiger partial charge in [-0.15, -0.1) is 0 Å². The molecule has 4 N–H and O–H groups in total. The number of nitrogens with one attached hydrogen (secondary N) is 2. The van der Waals surface area contributed by atoms with Gasteiger partial charge in [-0.3, -0.25) is 10.6 Å². The van der Waals surface area contributed by atoms with Crippen LogP contribution in [0.4, 0.5) is 11.4 Å². The molecule has 0 unspecified atom stereocenters. The molecule has 0 saturated heterocycles. The zero-order chi connectivity index (χ0) is 14.7. The van der Waals surface area contributed by atoms with Crippen LogP contribution in [-0.2, 0) is 0 Å². The maximum atomic E-state index is 12.1. The highest BCUT2D eigenvalue weighted by molar-refractivity contribution is 9.10. The minimum Gasteiger partial charge on any atom is -0.323 e. The van der Waals surface area contributed by atoms with Gasteiger partial charge < -0.3 is 10.7 Å². The first kappa shape index (κ1) is 14.8. The number of hydrogen-bond donors (Lipinski definition) is 3. The maximum absolute atomic E-state index is 12.1. The summed E-state index contributed by atoms with van der Waals surface area (Å²) in [5.74, 6) is 4.91. The largest absolute Gasteiger partial charge is 0.323 e. The minimum absolute atomic E-state index is 0.285. The van der Waals surface area contributed by atoms with Crippen molar-refractivity contribution in [2.24, 2.45) is 5.84 Å². The lowest BCUT2D eigenvalue weighted by molar-refractivity contribution is 0.102. The van der Waals surface area contributed by atoms with E-state index in [-0.39, 0.29) is 11.6 Å². The van der Waals surface area contributed by atoms with Gasteiger partial charge in [-0.2, -0.15) is 0 Å². The first-order valence-corrected chi connectivity index (χ1v) is 6.88. The Hall–Kier alpha value is -1.63. The van der Waals surface area contributed by atoms with Crippen molar-refractivity contribution in [3.8, 4) is 0 Å². The molecule has 1 aromatic carbocycles. The lowest BCUT2D eigenvalue weighted by Crippen LogP contribution is -2.15.